The number of rotatable bonds is 5. The van der Waals surface area contributed by atoms with Crippen molar-refractivity contribution < 1.29 is 14.6 Å². The first-order chi connectivity index (χ1) is 13.9. The molecule has 1 fully saturated rings. The second kappa shape index (κ2) is 8.75. The third-order valence-corrected chi connectivity index (χ3v) is 6.19. The van der Waals surface area contributed by atoms with Gasteiger partial charge in [-0.05, 0) is 18.3 Å². The summed E-state index contributed by atoms with van der Waals surface area (Å²) in [5.41, 5.74) is 7.66. The van der Waals surface area contributed by atoms with Gasteiger partial charge < -0.3 is 20.5 Å². The van der Waals surface area contributed by atoms with Crippen LogP contribution >= 0.6 is 11.3 Å². The van der Waals surface area contributed by atoms with E-state index in [1.54, 1.807) is 24.4 Å². The molecule has 10 heteroatoms. The molecule has 29 heavy (non-hydrogen) atoms. The third-order valence-electron chi connectivity index (χ3n) is 5.19. The van der Waals surface area contributed by atoms with Crippen LogP contribution in [0.2, 0.25) is 0 Å². The summed E-state index contributed by atoms with van der Waals surface area (Å²) in [6.07, 6.45) is 6.29. The molecule has 3 heterocycles. The number of anilines is 1. The lowest BCUT2D eigenvalue weighted by atomic mass is 9.81. The minimum Gasteiger partial charge on any atom is -0.479 e. The van der Waals surface area contributed by atoms with Crippen LogP contribution in [0, 0.1) is 5.41 Å². The molecule has 2 aromatic heterocycles. The molecule has 1 aliphatic rings. The minimum atomic E-state index is -0.206. The number of aliphatic hydroxyl groups excluding tert-OH is 1. The normalized spacial score (nSPS) is 17.1. The van der Waals surface area contributed by atoms with E-state index in [0.29, 0.717) is 35.2 Å². The fraction of sp³-hybridized carbons (Fsp3) is 0.474. The minimum absolute atomic E-state index is 0.119. The number of carbonyl (C=O) groups is 1. The molecule has 1 saturated heterocycles. The summed E-state index contributed by atoms with van der Waals surface area (Å²) in [5.74, 6) is 0.377. The number of carbonyl (C=O) groups excluding carboxylic acids is 1. The number of thiazole rings is 1. The predicted molar refractivity (Wildman–Crippen MR) is 116 cm³/mol. The monoisotopic (exact) mass is 418 g/mol. The molecule has 2 amide bonds. The second-order valence-corrected chi connectivity index (χ2v) is 8.27. The molecule has 9 nitrogen and oxygen atoms in total. The van der Waals surface area contributed by atoms with E-state index in [2.05, 4.69) is 20.3 Å². The Labute approximate surface area is 173 Å². The first-order valence-corrected chi connectivity index (χ1v) is 10.1. The van der Waals surface area contributed by atoms with E-state index < -0.39 is 0 Å². The zero-order chi connectivity index (χ0) is 21.0. The van der Waals surface area contributed by atoms with Crippen LogP contribution in [0.25, 0.3) is 15.8 Å². The number of fused-ring (bicyclic) bond motifs is 1. The quantitative estimate of drug-likeness (QED) is 0.640. The number of pyridine rings is 1. The number of aliphatic imine (C=N–C) groups is 1. The number of hydrogen-bond donors (Lipinski definition) is 3. The number of aliphatic hydroxyl groups is 1. The molecule has 0 spiro atoms. The highest BCUT2D eigenvalue weighted by molar-refractivity contribution is 7.22. The van der Waals surface area contributed by atoms with Gasteiger partial charge in [-0.25, -0.2) is 14.8 Å². The first kappa shape index (κ1) is 21.0. The van der Waals surface area contributed by atoms with Gasteiger partial charge >= 0.3 is 6.03 Å². The number of piperidine rings is 1. The van der Waals surface area contributed by atoms with Crippen LogP contribution in [0.5, 0.6) is 5.88 Å². The number of nitrogens with two attached hydrogens (primary N) is 1. The third kappa shape index (κ3) is 4.33. The summed E-state index contributed by atoms with van der Waals surface area (Å²) in [6.45, 7) is 3.36. The first-order valence-electron chi connectivity index (χ1n) is 9.29. The zero-order valence-corrected chi connectivity index (χ0v) is 17.6. The van der Waals surface area contributed by atoms with Crippen LogP contribution in [-0.4, -0.2) is 66.1 Å². The zero-order valence-electron chi connectivity index (χ0n) is 16.8. The Morgan fingerprint density at radius 1 is 1.52 bits per heavy atom. The highest BCUT2D eigenvalue weighted by Crippen LogP contribution is 2.36. The van der Waals surface area contributed by atoms with Crippen LogP contribution in [0.4, 0.5) is 9.93 Å². The van der Waals surface area contributed by atoms with Gasteiger partial charge in [-0.15, -0.1) is 0 Å². The Bertz CT molecular complexity index is 947. The molecule has 0 atom stereocenters. The van der Waals surface area contributed by atoms with Crippen LogP contribution < -0.4 is 15.8 Å². The van der Waals surface area contributed by atoms with Crippen molar-refractivity contribution in [3.05, 3.63) is 18.0 Å². The Balaban J connectivity index is 1.86. The molecule has 3 rings (SSSR count). The number of amides is 2. The van der Waals surface area contributed by atoms with Gasteiger partial charge in [0.25, 0.3) is 0 Å². The van der Waals surface area contributed by atoms with E-state index in [-0.39, 0.29) is 18.1 Å². The van der Waals surface area contributed by atoms with E-state index in [4.69, 9.17) is 10.5 Å². The number of nitrogens with one attached hydrogen (secondary N) is 1. The number of likely N-dealkylation sites (tertiary alicyclic amines) is 1. The summed E-state index contributed by atoms with van der Waals surface area (Å²) < 4.78 is 6.13. The molecule has 0 unspecified atom stereocenters. The molecule has 0 aliphatic carbocycles. The van der Waals surface area contributed by atoms with Crippen molar-refractivity contribution in [1.29, 1.82) is 0 Å². The van der Waals surface area contributed by atoms with Gasteiger partial charge in [0.15, 0.2) is 5.13 Å². The van der Waals surface area contributed by atoms with Gasteiger partial charge in [0, 0.05) is 56.5 Å². The highest BCUT2D eigenvalue weighted by Gasteiger charge is 2.31. The van der Waals surface area contributed by atoms with Crippen molar-refractivity contribution in [2.75, 3.05) is 39.2 Å². The molecular weight excluding hydrogens is 392 g/mol. The van der Waals surface area contributed by atoms with Gasteiger partial charge in [-0.3, -0.25) is 10.3 Å². The number of aromatic nitrogens is 2. The van der Waals surface area contributed by atoms with Gasteiger partial charge in [0.2, 0.25) is 5.88 Å². The molecule has 2 aromatic rings. The fourth-order valence-corrected chi connectivity index (χ4v) is 4.20. The van der Waals surface area contributed by atoms with Crippen LogP contribution in [0.15, 0.2) is 17.4 Å². The van der Waals surface area contributed by atoms with Gasteiger partial charge in [0.05, 0.1) is 11.8 Å². The molecule has 0 saturated carbocycles. The summed E-state index contributed by atoms with van der Waals surface area (Å²) in [7, 11) is 3.19. The average Bonchev–Trinajstić information content (AvgIpc) is 3.15. The number of hydrogen-bond acceptors (Lipinski definition) is 8. The summed E-state index contributed by atoms with van der Waals surface area (Å²) >= 11 is 1.33. The molecule has 4 N–H and O–H groups in total. The largest absolute Gasteiger partial charge is 0.479 e. The molecule has 1 aliphatic heterocycles. The lowest BCUT2D eigenvalue weighted by Crippen LogP contribution is -2.45. The summed E-state index contributed by atoms with van der Waals surface area (Å²) in [6, 6.07) is -0.206. The Hall–Kier alpha value is -2.72. The van der Waals surface area contributed by atoms with Crippen molar-refractivity contribution in [1.82, 2.24) is 14.9 Å². The Morgan fingerprint density at radius 3 is 2.83 bits per heavy atom. The molecule has 156 valence electrons. The van der Waals surface area contributed by atoms with Gasteiger partial charge in [0.1, 0.15) is 5.52 Å². The van der Waals surface area contributed by atoms with Gasteiger partial charge in [-0.2, -0.15) is 0 Å². The van der Waals surface area contributed by atoms with Crippen molar-refractivity contribution in [3.63, 3.8) is 0 Å². The highest BCUT2D eigenvalue weighted by atomic mass is 32.1. The standard InChI is InChI=1S/C19H26N6O3S/c1-19(11-26)4-6-25(7-5-19)18(27)24-17-23-14-15(29-17)13(10-22-16(14)28-3)12(8-20)9-21-2/h8-10,26H,4-7,11,20H2,1-3H3,(H,23,24,27). The van der Waals surface area contributed by atoms with E-state index in [9.17, 15) is 9.90 Å². The van der Waals surface area contributed by atoms with E-state index in [1.165, 1.54) is 24.6 Å². The van der Waals surface area contributed by atoms with E-state index in [1.807, 2.05) is 6.92 Å². The van der Waals surface area contributed by atoms with Crippen LogP contribution in [-0.2, 0) is 0 Å². The van der Waals surface area contributed by atoms with Crippen molar-refractivity contribution >= 4 is 44.5 Å². The van der Waals surface area contributed by atoms with Crippen molar-refractivity contribution in [3.8, 4) is 5.88 Å². The maximum Gasteiger partial charge on any atom is 0.323 e. The molecule has 0 bridgehead atoms. The number of urea groups is 1. The fourth-order valence-electron chi connectivity index (χ4n) is 3.22. The summed E-state index contributed by atoms with van der Waals surface area (Å²) in [5, 5.41) is 12.8. The van der Waals surface area contributed by atoms with Crippen molar-refractivity contribution in [2.24, 2.45) is 16.1 Å². The number of ether oxygens (including phenoxy) is 1. The van der Waals surface area contributed by atoms with E-state index in [0.717, 1.165) is 23.1 Å². The van der Waals surface area contributed by atoms with Crippen molar-refractivity contribution in [2.45, 2.75) is 19.8 Å². The SMILES string of the molecule is CN=CC(=CN)c1cnc(OC)c2nc(NC(=O)N3CCC(C)(CO)CC3)sc12. The van der Waals surface area contributed by atoms with Gasteiger partial charge in [-0.1, -0.05) is 18.3 Å². The molecule has 0 aromatic carbocycles. The average molecular weight is 419 g/mol. The lowest BCUT2D eigenvalue weighted by molar-refractivity contribution is 0.0728. The maximum absolute atomic E-state index is 12.7. The smallest absolute Gasteiger partial charge is 0.323 e. The lowest BCUT2D eigenvalue weighted by Gasteiger charge is -2.37. The Morgan fingerprint density at radius 2 is 2.24 bits per heavy atom. The molecular formula is C19H26N6O3S. The Kier molecular flexibility index (Phi) is 6.33. The number of methoxy groups -OCH3 is 1. The topological polar surface area (TPSA) is 126 Å². The second-order valence-electron chi connectivity index (χ2n) is 7.27. The number of nitrogens with zero attached hydrogens (tertiary/aromatic N) is 4. The molecule has 0 radical (unpaired) electrons. The number of allylic oxidation sites excluding steroid dienone is 1. The maximum atomic E-state index is 12.7. The predicted octanol–water partition coefficient (Wildman–Crippen LogP) is 2.33. The van der Waals surface area contributed by atoms with Crippen LogP contribution in [0.1, 0.15) is 25.3 Å². The summed E-state index contributed by atoms with van der Waals surface area (Å²) in [4.78, 5) is 27.3. The van der Waals surface area contributed by atoms with E-state index >= 15 is 0 Å². The van der Waals surface area contributed by atoms with Crippen LogP contribution in [0.3, 0.4) is 0 Å².